The smallest absolute Gasteiger partial charge is 0.166 e. The van der Waals surface area contributed by atoms with Gasteiger partial charge in [0.1, 0.15) is 11.2 Å². The molecule has 14 rings (SSSR count). The van der Waals surface area contributed by atoms with Gasteiger partial charge in [-0.3, -0.25) is 0 Å². The van der Waals surface area contributed by atoms with Crippen molar-refractivity contribution in [3.63, 3.8) is 0 Å². The maximum absolute atomic E-state index is 6.65. The van der Waals surface area contributed by atoms with Crippen molar-refractivity contribution in [3.05, 3.63) is 182 Å². The number of para-hydroxylation sites is 2. The predicted molar refractivity (Wildman–Crippen MR) is 261 cm³/mol. The van der Waals surface area contributed by atoms with Crippen LogP contribution < -0.4 is 0 Å². The van der Waals surface area contributed by atoms with Crippen LogP contribution in [-0.4, -0.2) is 19.5 Å². The molecule has 62 heavy (non-hydrogen) atoms. The van der Waals surface area contributed by atoms with E-state index in [1.807, 2.05) is 6.07 Å². The van der Waals surface area contributed by atoms with Crippen LogP contribution in [0.2, 0.25) is 0 Å². The van der Waals surface area contributed by atoms with Gasteiger partial charge in [0.2, 0.25) is 0 Å². The van der Waals surface area contributed by atoms with Gasteiger partial charge in [0.05, 0.1) is 22.1 Å². The summed E-state index contributed by atoms with van der Waals surface area (Å²) in [4.78, 5) is 16.5. The normalized spacial score (nSPS) is 12.2. The molecular formula is C55H30N4OS2. The molecule has 288 valence electrons. The summed E-state index contributed by atoms with van der Waals surface area (Å²) in [6.45, 7) is 0. The number of hydrogen-bond acceptors (Lipinski definition) is 6. The first-order chi connectivity index (χ1) is 30.7. The number of benzene rings is 9. The van der Waals surface area contributed by atoms with Crippen molar-refractivity contribution in [2.24, 2.45) is 0 Å². The van der Waals surface area contributed by atoms with Crippen LogP contribution in [0.1, 0.15) is 0 Å². The topological polar surface area (TPSA) is 56.7 Å². The number of hydrogen-bond donors (Lipinski definition) is 0. The molecule has 7 heteroatoms. The van der Waals surface area contributed by atoms with Crippen LogP contribution in [0.25, 0.3) is 135 Å². The maximum Gasteiger partial charge on any atom is 0.166 e. The molecule has 0 aliphatic rings. The predicted octanol–water partition coefficient (Wildman–Crippen LogP) is 15.8. The Morgan fingerprint density at radius 3 is 1.58 bits per heavy atom. The van der Waals surface area contributed by atoms with E-state index < -0.39 is 0 Å². The number of fused-ring (bicyclic) bond motifs is 13. The molecule has 0 unspecified atom stereocenters. The van der Waals surface area contributed by atoms with E-state index in [2.05, 4.69) is 180 Å². The summed E-state index contributed by atoms with van der Waals surface area (Å²) >= 11 is 3.57. The second-order valence-corrected chi connectivity index (χ2v) is 18.0. The zero-order chi connectivity index (χ0) is 40.5. The Morgan fingerprint density at radius 1 is 0.371 bits per heavy atom. The van der Waals surface area contributed by atoms with Gasteiger partial charge >= 0.3 is 0 Å². The van der Waals surface area contributed by atoms with Gasteiger partial charge in [-0.2, -0.15) is 0 Å². The Labute approximate surface area is 361 Å². The Kier molecular flexibility index (Phi) is 7.08. The second kappa shape index (κ2) is 12.9. The van der Waals surface area contributed by atoms with Crippen LogP contribution in [0.5, 0.6) is 0 Å². The van der Waals surface area contributed by atoms with Gasteiger partial charge in [0, 0.05) is 73.2 Å². The monoisotopic (exact) mass is 826 g/mol. The van der Waals surface area contributed by atoms with E-state index in [0.29, 0.717) is 17.5 Å². The fraction of sp³-hybridized carbons (Fsp3) is 0. The van der Waals surface area contributed by atoms with Gasteiger partial charge in [-0.15, -0.1) is 22.7 Å². The van der Waals surface area contributed by atoms with Crippen molar-refractivity contribution < 1.29 is 4.42 Å². The third-order valence-electron chi connectivity index (χ3n) is 12.4. The molecule has 0 saturated heterocycles. The van der Waals surface area contributed by atoms with Crippen LogP contribution in [-0.2, 0) is 0 Å². The molecule has 0 bridgehead atoms. The van der Waals surface area contributed by atoms with Crippen LogP contribution in [0, 0.1) is 0 Å². The van der Waals surface area contributed by atoms with Crippen molar-refractivity contribution in [3.8, 4) is 39.9 Å². The lowest BCUT2D eigenvalue weighted by atomic mass is 10.0. The minimum Gasteiger partial charge on any atom is -0.456 e. The van der Waals surface area contributed by atoms with E-state index in [1.54, 1.807) is 22.7 Å². The molecule has 0 aliphatic carbocycles. The lowest BCUT2D eigenvalue weighted by molar-refractivity contribution is 0.669. The average Bonchev–Trinajstić information content (AvgIpc) is 4.09. The third kappa shape index (κ3) is 4.86. The molecule has 0 aliphatic heterocycles. The van der Waals surface area contributed by atoms with Crippen molar-refractivity contribution in [1.29, 1.82) is 0 Å². The first-order valence-electron chi connectivity index (χ1n) is 20.7. The van der Waals surface area contributed by atoms with Crippen LogP contribution >= 0.6 is 22.7 Å². The summed E-state index contributed by atoms with van der Waals surface area (Å²) in [6.07, 6.45) is 0. The molecule has 5 nitrogen and oxygen atoms in total. The number of nitrogens with zero attached hydrogens (tertiary/aromatic N) is 4. The minimum atomic E-state index is 0.593. The molecule has 0 amide bonds. The Balaban J connectivity index is 1.14. The Morgan fingerprint density at radius 2 is 0.903 bits per heavy atom. The van der Waals surface area contributed by atoms with Gasteiger partial charge in [-0.05, 0) is 71.4 Å². The second-order valence-electron chi connectivity index (χ2n) is 15.9. The molecule has 0 N–H and O–H groups in total. The highest BCUT2D eigenvalue weighted by molar-refractivity contribution is 7.26. The Hall–Kier alpha value is -7.71. The molecule has 5 heterocycles. The molecule has 5 aromatic heterocycles. The van der Waals surface area contributed by atoms with E-state index >= 15 is 0 Å². The first kappa shape index (κ1) is 34.0. The number of aromatic nitrogens is 4. The third-order valence-corrected chi connectivity index (χ3v) is 14.9. The zero-order valence-electron chi connectivity index (χ0n) is 32.8. The largest absolute Gasteiger partial charge is 0.456 e. The fourth-order valence-electron chi connectivity index (χ4n) is 9.69. The standard InChI is InChI=1S/C55H30N4OS2/c1-2-14-32-30-44-42(29-31(32)13-1)33-15-3-7-23-43(33)59(44)50-39(27-28-46-49(50)38-18-4-8-24-45(38)60-46)53-56-54(40-21-11-19-36-34-16-5-9-25-47(34)61-51(36)40)58-55(57-53)41-22-12-20-37-35-17-6-10-26-48(35)62-52(37)41/h1-30H. The molecule has 9 aromatic carbocycles. The summed E-state index contributed by atoms with van der Waals surface area (Å²) < 4.78 is 13.8. The van der Waals surface area contributed by atoms with E-state index in [9.17, 15) is 0 Å². The molecule has 14 aromatic rings. The van der Waals surface area contributed by atoms with Crippen LogP contribution in [0.15, 0.2) is 186 Å². The lowest BCUT2D eigenvalue weighted by Gasteiger charge is -2.16. The molecule has 0 atom stereocenters. The highest BCUT2D eigenvalue weighted by atomic mass is 32.1. The lowest BCUT2D eigenvalue weighted by Crippen LogP contribution is -2.04. The van der Waals surface area contributed by atoms with E-state index in [-0.39, 0.29) is 0 Å². The summed E-state index contributed by atoms with van der Waals surface area (Å²) in [7, 11) is 0. The van der Waals surface area contributed by atoms with Gasteiger partial charge in [-0.25, -0.2) is 15.0 Å². The number of thiophene rings is 2. The van der Waals surface area contributed by atoms with Crippen molar-refractivity contribution >= 4 is 118 Å². The molecular weight excluding hydrogens is 797 g/mol. The summed E-state index contributed by atoms with van der Waals surface area (Å²) in [5, 5.41) is 11.6. The highest BCUT2D eigenvalue weighted by Gasteiger charge is 2.26. The fourth-order valence-corrected chi connectivity index (χ4v) is 12.1. The number of furan rings is 1. The van der Waals surface area contributed by atoms with Gasteiger partial charge < -0.3 is 8.98 Å². The van der Waals surface area contributed by atoms with Crippen molar-refractivity contribution in [2.75, 3.05) is 0 Å². The van der Waals surface area contributed by atoms with Crippen LogP contribution in [0.4, 0.5) is 0 Å². The average molecular weight is 827 g/mol. The molecule has 0 fully saturated rings. The van der Waals surface area contributed by atoms with E-state index in [1.165, 1.54) is 52.5 Å². The molecule has 0 spiro atoms. The van der Waals surface area contributed by atoms with Gasteiger partial charge in [0.25, 0.3) is 0 Å². The van der Waals surface area contributed by atoms with Crippen molar-refractivity contribution in [1.82, 2.24) is 19.5 Å². The zero-order valence-corrected chi connectivity index (χ0v) is 34.5. The SMILES string of the molecule is c1ccc2cc3c(cc2c1)c1ccccc1n3-c1c(-c2nc(-c3cccc4c3sc3ccccc34)nc(-c3cccc4c3sc3ccccc34)n2)ccc2oc3ccccc3c12. The minimum absolute atomic E-state index is 0.593. The van der Waals surface area contributed by atoms with E-state index in [0.717, 1.165) is 64.7 Å². The van der Waals surface area contributed by atoms with E-state index in [4.69, 9.17) is 19.4 Å². The van der Waals surface area contributed by atoms with Gasteiger partial charge in [-0.1, -0.05) is 121 Å². The first-order valence-corrected chi connectivity index (χ1v) is 22.3. The summed E-state index contributed by atoms with van der Waals surface area (Å²) in [5.74, 6) is 1.86. The molecule has 0 radical (unpaired) electrons. The quantitative estimate of drug-likeness (QED) is 0.177. The summed E-state index contributed by atoms with van der Waals surface area (Å²) in [5.41, 5.74) is 7.65. The summed E-state index contributed by atoms with van der Waals surface area (Å²) in [6, 6.07) is 64.8. The molecule has 0 saturated carbocycles. The van der Waals surface area contributed by atoms with Crippen molar-refractivity contribution in [2.45, 2.75) is 0 Å². The maximum atomic E-state index is 6.65. The van der Waals surface area contributed by atoms with Gasteiger partial charge in [0.15, 0.2) is 17.5 Å². The van der Waals surface area contributed by atoms with Crippen LogP contribution in [0.3, 0.4) is 0 Å². The highest BCUT2D eigenvalue weighted by Crippen LogP contribution is 2.46. The Bertz CT molecular complexity index is 4060. The number of rotatable bonds is 4.